The van der Waals surface area contributed by atoms with Crippen LogP contribution in [0.1, 0.15) is 5.56 Å². The Kier molecular flexibility index (Phi) is 4.36. The molecule has 1 aliphatic heterocycles. The van der Waals surface area contributed by atoms with Crippen LogP contribution in [-0.4, -0.2) is 40.7 Å². The molecule has 0 spiro atoms. The average Bonchev–Trinajstić information content (AvgIpc) is 2.36. The molecule has 5 heteroatoms. The third-order valence-electron chi connectivity index (χ3n) is 2.66. The smallest absolute Gasteiger partial charge is 0.185 e. The Labute approximate surface area is 105 Å². The lowest BCUT2D eigenvalue weighted by Gasteiger charge is -2.34. The summed E-state index contributed by atoms with van der Waals surface area (Å²) >= 11 is 5.83. The molecule has 0 unspecified atom stereocenters. The van der Waals surface area contributed by atoms with Crippen LogP contribution in [0.5, 0.6) is 0 Å². The average molecular weight is 259 g/mol. The van der Waals surface area contributed by atoms with Crippen molar-refractivity contribution in [3.63, 3.8) is 0 Å². The van der Waals surface area contributed by atoms with Crippen LogP contribution >= 0.6 is 11.6 Å². The van der Waals surface area contributed by atoms with Gasteiger partial charge in [0.05, 0.1) is 24.7 Å². The molecule has 4 nitrogen and oxygen atoms in total. The molecule has 1 heterocycles. The molecule has 0 aromatic heterocycles. The maximum absolute atomic E-state index is 9.74. The molecule has 2 N–H and O–H groups in total. The Hall–Kier alpha value is -0.650. The first-order chi connectivity index (χ1) is 8.18. The largest absolute Gasteiger partial charge is 0.389 e. The van der Waals surface area contributed by atoms with Crippen molar-refractivity contribution in [2.75, 3.05) is 6.61 Å². The molecule has 94 valence electrons. The van der Waals surface area contributed by atoms with Crippen LogP contribution in [0.25, 0.3) is 0 Å². The van der Waals surface area contributed by atoms with Crippen LogP contribution in [0.15, 0.2) is 30.3 Å². The van der Waals surface area contributed by atoms with Crippen LogP contribution in [0, 0.1) is 0 Å². The Morgan fingerprint density at radius 1 is 1.29 bits per heavy atom. The van der Waals surface area contributed by atoms with Crippen molar-refractivity contribution in [1.29, 1.82) is 0 Å². The van der Waals surface area contributed by atoms with E-state index in [0.29, 0.717) is 6.61 Å². The maximum atomic E-state index is 9.74. The summed E-state index contributed by atoms with van der Waals surface area (Å²) in [6.45, 7) is 0.410. The van der Waals surface area contributed by atoms with Crippen molar-refractivity contribution in [1.82, 2.24) is 0 Å². The third kappa shape index (κ3) is 3.18. The molecule has 1 aliphatic rings. The number of hydrogen-bond donors (Lipinski definition) is 2. The minimum absolute atomic E-state index is 0.0741. The topological polar surface area (TPSA) is 58.9 Å². The molecule has 0 radical (unpaired) electrons. The van der Waals surface area contributed by atoms with Gasteiger partial charge in [0.15, 0.2) is 6.29 Å². The van der Waals surface area contributed by atoms with Crippen molar-refractivity contribution in [2.45, 2.75) is 30.5 Å². The van der Waals surface area contributed by atoms with E-state index in [9.17, 15) is 10.2 Å². The SMILES string of the molecule is O[C@H]1[C@@H](OCc2ccccc2)OC[C@@H](O)[C@@H]1Cl. The number of benzene rings is 1. The summed E-state index contributed by atoms with van der Waals surface area (Å²) in [4.78, 5) is 0. The van der Waals surface area contributed by atoms with Gasteiger partial charge in [-0.05, 0) is 5.56 Å². The number of halogens is 1. The van der Waals surface area contributed by atoms with Crippen molar-refractivity contribution < 1.29 is 19.7 Å². The van der Waals surface area contributed by atoms with E-state index in [1.54, 1.807) is 0 Å². The summed E-state index contributed by atoms with van der Waals surface area (Å²) < 4.78 is 10.6. The van der Waals surface area contributed by atoms with E-state index in [2.05, 4.69) is 0 Å². The Morgan fingerprint density at radius 2 is 2.00 bits per heavy atom. The zero-order valence-corrected chi connectivity index (χ0v) is 9.96. The minimum atomic E-state index is -1.02. The van der Waals surface area contributed by atoms with Gasteiger partial charge in [0.25, 0.3) is 0 Å². The van der Waals surface area contributed by atoms with Crippen molar-refractivity contribution >= 4 is 11.6 Å². The summed E-state index contributed by atoms with van der Waals surface area (Å²) in [7, 11) is 0. The monoisotopic (exact) mass is 258 g/mol. The third-order valence-corrected chi connectivity index (χ3v) is 3.21. The highest BCUT2D eigenvalue weighted by molar-refractivity contribution is 6.21. The molecule has 4 atom stereocenters. The van der Waals surface area contributed by atoms with E-state index in [0.717, 1.165) is 5.56 Å². The standard InChI is InChI=1S/C12H15ClO4/c13-10-9(14)7-17-12(11(10)15)16-6-8-4-2-1-3-5-8/h1-5,9-12,14-15H,6-7H2/t9-,10+,11-,12+/m1/s1. The summed E-state index contributed by atoms with van der Waals surface area (Å²) in [6, 6.07) is 9.57. The first kappa shape index (κ1) is 12.8. The number of aliphatic hydroxyl groups is 2. The maximum Gasteiger partial charge on any atom is 0.185 e. The highest BCUT2D eigenvalue weighted by Crippen LogP contribution is 2.21. The fourth-order valence-corrected chi connectivity index (χ4v) is 1.85. The summed E-state index contributed by atoms with van der Waals surface area (Å²) in [5.74, 6) is 0. The lowest BCUT2D eigenvalue weighted by Crippen LogP contribution is -2.51. The number of alkyl halides is 1. The molecule has 0 saturated carbocycles. The van der Waals surface area contributed by atoms with Gasteiger partial charge >= 0.3 is 0 Å². The van der Waals surface area contributed by atoms with Crippen LogP contribution in [0.4, 0.5) is 0 Å². The highest BCUT2D eigenvalue weighted by Gasteiger charge is 2.38. The predicted octanol–water partition coefficient (Wildman–Crippen LogP) is 0.889. The Bertz CT molecular complexity index is 346. The first-order valence-electron chi connectivity index (χ1n) is 5.46. The fraction of sp³-hybridized carbons (Fsp3) is 0.500. The van der Waals surface area contributed by atoms with E-state index in [1.165, 1.54) is 0 Å². The molecule has 2 rings (SSSR count). The predicted molar refractivity (Wildman–Crippen MR) is 62.6 cm³/mol. The summed E-state index contributed by atoms with van der Waals surface area (Å²) in [5, 5.41) is 18.4. The van der Waals surface area contributed by atoms with E-state index in [4.69, 9.17) is 21.1 Å². The van der Waals surface area contributed by atoms with Crippen LogP contribution in [0.2, 0.25) is 0 Å². The van der Waals surface area contributed by atoms with Gasteiger partial charge in [-0.25, -0.2) is 0 Å². The molecular weight excluding hydrogens is 244 g/mol. The Balaban J connectivity index is 1.87. The second-order valence-electron chi connectivity index (χ2n) is 4.00. The second kappa shape index (κ2) is 5.80. The molecule has 0 amide bonds. The molecule has 1 aromatic carbocycles. The van der Waals surface area contributed by atoms with Gasteiger partial charge in [-0.1, -0.05) is 30.3 Å². The number of aliphatic hydroxyl groups excluding tert-OH is 2. The second-order valence-corrected chi connectivity index (χ2v) is 4.50. The minimum Gasteiger partial charge on any atom is -0.389 e. The lowest BCUT2D eigenvalue weighted by atomic mass is 10.1. The quantitative estimate of drug-likeness (QED) is 0.791. The zero-order valence-electron chi connectivity index (χ0n) is 9.20. The van der Waals surface area contributed by atoms with Gasteiger partial charge in [0, 0.05) is 0 Å². The van der Waals surface area contributed by atoms with Crippen LogP contribution in [0.3, 0.4) is 0 Å². The van der Waals surface area contributed by atoms with Gasteiger partial charge < -0.3 is 19.7 Å². The van der Waals surface area contributed by atoms with Gasteiger partial charge in [-0.3, -0.25) is 0 Å². The fourth-order valence-electron chi connectivity index (χ4n) is 1.66. The van der Waals surface area contributed by atoms with Gasteiger partial charge in [-0.15, -0.1) is 11.6 Å². The first-order valence-corrected chi connectivity index (χ1v) is 5.89. The van der Waals surface area contributed by atoms with E-state index in [1.807, 2.05) is 30.3 Å². The number of hydrogen-bond acceptors (Lipinski definition) is 4. The van der Waals surface area contributed by atoms with Crippen molar-refractivity contribution in [3.05, 3.63) is 35.9 Å². The van der Waals surface area contributed by atoms with Crippen LogP contribution < -0.4 is 0 Å². The van der Waals surface area contributed by atoms with Gasteiger partial charge in [0.1, 0.15) is 6.10 Å². The molecule has 17 heavy (non-hydrogen) atoms. The molecule has 1 aromatic rings. The molecule has 0 aliphatic carbocycles. The highest BCUT2D eigenvalue weighted by atomic mass is 35.5. The van der Waals surface area contributed by atoms with E-state index < -0.39 is 23.9 Å². The van der Waals surface area contributed by atoms with Crippen molar-refractivity contribution in [2.24, 2.45) is 0 Å². The summed E-state index contributed by atoms with van der Waals surface area (Å²) in [6.07, 6.45) is -2.67. The lowest BCUT2D eigenvalue weighted by molar-refractivity contribution is -0.238. The van der Waals surface area contributed by atoms with Crippen molar-refractivity contribution in [3.8, 4) is 0 Å². The summed E-state index contributed by atoms with van der Waals surface area (Å²) in [5.41, 5.74) is 0.987. The molecular formula is C12H15ClO4. The Morgan fingerprint density at radius 3 is 2.71 bits per heavy atom. The molecule has 1 saturated heterocycles. The van der Waals surface area contributed by atoms with E-state index in [-0.39, 0.29) is 6.61 Å². The van der Waals surface area contributed by atoms with Gasteiger partial charge in [0.2, 0.25) is 0 Å². The van der Waals surface area contributed by atoms with Crippen LogP contribution in [-0.2, 0) is 16.1 Å². The normalized spacial score (nSPS) is 33.6. The number of ether oxygens (including phenoxy) is 2. The van der Waals surface area contributed by atoms with Gasteiger partial charge in [-0.2, -0.15) is 0 Å². The molecule has 0 bridgehead atoms. The molecule has 1 fully saturated rings. The van der Waals surface area contributed by atoms with E-state index >= 15 is 0 Å². The zero-order chi connectivity index (χ0) is 12.3. The number of rotatable bonds is 3.